The second kappa shape index (κ2) is 5.73. The Morgan fingerprint density at radius 2 is 2.33 bits per heavy atom. The smallest absolute Gasteiger partial charge is 0.171 e. The van der Waals surface area contributed by atoms with E-state index in [4.69, 9.17) is 10.9 Å². The molecule has 0 aliphatic rings. The van der Waals surface area contributed by atoms with Gasteiger partial charge in [-0.3, -0.25) is 0 Å². The van der Waals surface area contributed by atoms with E-state index >= 15 is 0 Å². The molecule has 0 atom stereocenters. The zero-order valence-electron chi connectivity index (χ0n) is 9.42. The van der Waals surface area contributed by atoms with E-state index in [0.717, 1.165) is 19.4 Å². The van der Waals surface area contributed by atoms with Crippen molar-refractivity contribution in [2.24, 2.45) is 10.9 Å². The molecule has 2 aromatic rings. The standard InChI is InChI=1S/C11H10BrN3OS2/c1-6-5-17-11(14-6)18-9-3-2-7(12)4-8(9)10(13)15-16/h2-5,16H,1H3,(H2,13,15). The summed E-state index contributed by atoms with van der Waals surface area (Å²) in [5.74, 6) is 0.0899. The number of rotatable bonds is 3. The Kier molecular flexibility index (Phi) is 4.26. The Hall–Kier alpha value is -1.05. The molecule has 0 saturated carbocycles. The predicted octanol–water partition coefficient (Wildman–Crippen LogP) is 3.46. The summed E-state index contributed by atoms with van der Waals surface area (Å²) in [6.45, 7) is 1.95. The van der Waals surface area contributed by atoms with Crippen LogP contribution in [-0.4, -0.2) is 16.0 Å². The lowest BCUT2D eigenvalue weighted by molar-refractivity contribution is 0.318. The van der Waals surface area contributed by atoms with Gasteiger partial charge in [0, 0.05) is 26.0 Å². The van der Waals surface area contributed by atoms with Gasteiger partial charge in [-0.25, -0.2) is 4.98 Å². The van der Waals surface area contributed by atoms with Gasteiger partial charge in [-0.1, -0.05) is 32.8 Å². The first-order chi connectivity index (χ1) is 8.60. The van der Waals surface area contributed by atoms with Crippen LogP contribution in [0.25, 0.3) is 0 Å². The first-order valence-corrected chi connectivity index (χ1v) is 7.46. The first-order valence-electron chi connectivity index (χ1n) is 4.97. The van der Waals surface area contributed by atoms with Crippen LogP contribution in [0.15, 0.2) is 42.4 Å². The highest BCUT2D eigenvalue weighted by Gasteiger charge is 2.11. The van der Waals surface area contributed by atoms with Crippen molar-refractivity contribution in [3.63, 3.8) is 0 Å². The number of benzene rings is 1. The average Bonchev–Trinajstić information content (AvgIpc) is 2.76. The Morgan fingerprint density at radius 1 is 1.56 bits per heavy atom. The Labute approximate surface area is 121 Å². The van der Waals surface area contributed by atoms with Crippen molar-refractivity contribution >= 4 is 44.9 Å². The van der Waals surface area contributed by atoms with Crippen LogP contribution in [0.2, 0.25) is 0 Å². The van der Waals surface area contributed by atoms with Crippen molar-refractivity contribution < 1.29 is 5.21 Å². The van der Waals surface area contributed by atoms with Crippen LogP contribution >= 0.6 is 39.0 Å². The van der Waals surface area contributed by atoms with E-state index in [0.29, 0.717) is 5.56 Å². The summed E-state index contributed by atoms with van der Waals surface area (Å²) in [7, 11) is 0. The number of amidine groups is 1. The molecule has 0 radical (unpaired) electrons. The summed E-state index contributed by atoms with van der Waals surface area (Å²) in [4.78, 5) is 5.29. The number of nitrogens with zero attached hydrogens (tertiary/aromatic N) is 2. The minimum absolute atomic E-state index is 0.0899. The number of aryl methyl sites for hydroxylation is 1. The normalized spacial score (nSPS) is 11.8. The molecule has 3 N–H and O–H groups in total. The van der Waals surface area contributed by atoms with Gasteiger partial charge in [0.2, 0.25) is 0 Å². The second-order valence-electron chi connectivity index (χ2n) is 3.48. The maximum atomic E-state index is 8.80. The first kappa shape index (κ1) is 13.4. The topological polar surface area (TPSA) is 71.5 Å². The Morgan fingerprint density at radius 3 is 2.94 bits per heavy atom. The van der Waals surface area contributed by atoms with E-state index < -0.39 is 0 Å². The predicted molar refractivity (Wildman–Crippen MR) is 77.6 cm³/mol. The van der Waals surface area contributed by atoms with Crippen LogP contribution in [0.1, 0.15) is 11.3 Å². The number of hydrogen-bond acceptors (Lipinski definition) is 5. The third-order valence-corrected chi connectivity index (χ3v) is 4.75. The van der Waals surface area contributed by atoms with E-state index in [2.05, 4.69) is 26.1 Å². The van der Waals surface area contributed by atoms with E-state index in [1.54, 1.807) is 11.3 Å². The third-order valence-electron chi connectivity index (χ3n) is 2.12. The molecule has 0 spiro atoms. The molecule has 1 heterocycles. The molecule has 1 aromatic heterocycles. The average molecular weight is 344 g/mol. The van der Waals surface area contributed by atoms with Crippen LogP contribution in [0.4, 0.5) is 0 Å². The zero-order valence-corrected chi connectivity index (χ0v) is 12.6. The van der Waals surface area contributed by atoms with Crippen molar-refractivity contribution in [3.05, 3.63) is 39.3 Å². The Balaban J connectivity index is 2.38. The quantitative estimate of drug-likeness (QED) is 0.387. The van der Waals surface area contributed by atoms with Gasteiger partial charge in [0.25, 0.3) is 0 Å². The van der Waals surface area contributed by atoms with Crippen LogP contribution in [0, 0.1) is 6.92 Å². The Bertz CT molecular complexity index is 598. The largest absolute Gasteiger partial charge is 0.409 e. The maximum absolute atomic E-state index is 8.80. The molecule has 0 unspecified atom stereocenters. The number of nitrogens with two attached hydrogens (primary N) is 1. The van der Waals surface area contributed by atoms with Crippen LogP contribution in [-0.2, 0) is 0 Å². The number of aromatic nitrogens is 1. The molecule has 2 rings (SSSR count). The number of thiazole rings is 1. The molecule has 0 aliphatic heterocycles. The van der Waals surface area contributed by atoms with Gasteiger partial charge < -0.3 is 10.9 Å². The summed E-state index contributed by atoms with van der Waals surface area (Å²) in [5.41, 5.74) is 7.35. The maximum Gasteiger partial charge on any atom is 0.171 e. The summed E-state index contributed by atoms with van der Waals surface area (Å²) < 4.78 is 1.81. The van der Waals surface area contributed by atoms with E-state index in [-0.39, 0.29) is 5.84 Å². The molecule has 0 saturated heterocycles. The van der Waals surface area contributed by atoms with Crippen molar-refractivity contribution in [1.82, 2.24) is 4.98 Å². The summed E-state index contributed by atoms with van der Waals surface area (Å²) >= 11 is 6.44. The summed E-state index contributed by atoms with van der Waals surface area (Å²) in [6.07, 6.45) is 0. The van der Waals surface area contributed by atoms with Crippen LogP contribution in [0.5, 0.6) is 0 Å². The fraction of sp³-hybridized carbons (Fsp3) is 0.0909. The number of halogens is 1. The van der Waals surface area contributed by atoms with Gasteiger partial charge in [0.1, 0.15) is 0 Å². The highest BCUT2D eigenvalue weighted by atomic mass is 79.9. The highest BCUT2D eigenvalue weighted by molar-refractivity contribution is 9.10. The lowest BCUT2D eigenvalue weighted by Crippen LogP contribution is -2.14. The molecule has 0 fully saturated rings. The highest BCUT2D eigenvalue weighted by Crippen LogP contribution is 2.33. The second-order valence-corrected chi connectivity index (χ2v) is 6.55. The molecular formula is C11H10BrN3OS2. The van der Waals surface area contributed by atoms with Crippen LogP contribution in [0.3, 0.4) is 0 Å². The van der Waals surface area contributed by atoms with Gasteiger partial charge in [-0.15, -0.1) is 11.3 Å². The van der Waals surface area contributed by atoms with Gasteiger partial charge in [-0.05, 0) is 25.1 Å². The minimum Gasteiger partial charge on any atom is -0.409 e. The fourth-order valence-corrected chi connectivity index (χ4v) is 3.59. The molecule has 18 heavy (non-hydrogen) atoms. The van der Waals surface area contributed by atoms with Crippen molar-refractivity contribution in [1.29, 1.82) is 0 Å². The summed E-state index contributed by atoms with van der Waals surface area (Å²) in [5, 5.41) is 13.8. The van der Waals surface area contributed by atoms with Crippen molar-refractivity contribution in [2.45, 2.75) is 16.2 Å². The molecular weight excluding hydrogens is 334 g/mol. The van der Waals surface area contributed by atoms with E-state index in [1.807, 2.05) is 30.5 Å². The lowest BCUT2D eigenvalue weighted by atomic mass is 10.2. The SMILES string of the molecule is Cc1csc(Sc2ccc(Br)cc2/C(N)=N/O)n1. The molecule has 94 valence electrons. The monoisotopic (exact) mass is 343 g/mol. The van der Waals surface area contributed by atoms with Crippen molar-refractivity contribution in [3.8, 4) is 0 Å². The minimum atomic E-state index is 0.0899. The fourth-order valence-electron chi connectivity index (χ4n) is 1.32. The third kappa shape index (κ3) is 3.04. The van der Waals surface area contributed by atoms with Gasteiger partial charge >= 0.3 is 0 Å². The molecule has 1 aromatic carbocycles. The molecule has 0 aliphatic carbocycles. The molecule has 0 amide bonds. The van der Waals surface area contributed by atoms with Crippen LogP contribution < -0.4 is 5.73 Å². The zero-order chi connectivity index (χ0) is 13.1. The lowest BCUT2D eigenvalue weighted by Gasteiger charge is -2.06. The van der Waals surface area contributed by atoms with Crippen molar-refractivity contribution in [2.75, 3.05) is 0 Å². The van der Waals surface area contributed by atoms with E-state index in [1.165, 1.54) is 11.8 Å². The van der Waals surface area contributed by atoms with E-state index in [9.17, 15) is 0 Å². The number of oxime groups is 1. The molecule has 4 nitrogen and oxygen atoms in total. The van der Waals surface area contributed by atoms with Gasteiger partial charge in [-0.2, -0.15) is 0 Å². The number of hydrogen-bond donors (Lipinski definition) is 2. The molecule has 7 heteroatoms. The molecule has 0 bridgehead atoms. The summed E-state index contributed by atoms with van der Waals surface area (Å²) in [6, 6.07) is 5.65. The van der Waals surface area contributed by atoms with Gasteiger partial charge in [0.05, 0.1) is 0 Å². The van der Waals surface area contributed by atoms with Gasteiger partial charge in [0.15, 0.2) is 10.2 Å².